The van der Waals surface area contributed by atoms with Crippen LogP contribution in [0.25, 0.3) is 5.69 Å². The molecule has 0 radical (unpaired) electrons. The SMILES string of the molecule is C=CCN(N)c1nc(C)n(-c2ccc(OC)c(OC)c2)c(=O)n1. The third-order valence-corrected chi connectivity index (χ3v) is 3.18. The van der Waals surface area contributed by atoms with Gasteiger partial charge in [0.2, 0.25) is 5.95 Å². The van der Waals surface area contributed by atoms with Gasteiger partial charge in [-0.3, -0.25) is 5.01 Å². The summed E-state index contributed by atoms with van der Waals surface area (Å²) in [5.41, 5.74) is 0.0863. The second kappa shape index (κ2) is 6.93. The molecule has 0 fully saturated rings. The average Bonchev–Trinajstić information content (AvgIpc) is 2.54. The summed E-state index contributed by atoms with van der Waals surface area (Å²) in [5, 5.41) is 1.25. The van der Waals surface area contributed by atoms with Gasteiger partial charge in [-0.15, -0.1) is 6.58 Å². The molecule has 0 aliphatic heterocycles. The molecule has 23 heavy (non-hydrogen) atoms. The fraction of sp³-hybridized carbons (Fsp3) is 0.267. The number of hydrazine groups is 1. The number of hydrogen-bond acceptors (Lipinski definition) is 7. The van der Waals surface area contributed by atoms with E-state index in [1.165, 1.54) is 16.7 Å². The van der Waals surface area contributed by atoms with E-state index in [1.54, 1.807) is 38.3 Å². The van der Waals surface area contributed by atoms with Crippen LogP contribution in [-0.2, 0) is 0 Å². The number of benzene rings is 1. The Hall–Kier alpha value is -2.87. The van der Waals surface area contributed by atoms with Crippen LogP contribution in [0.3, 0.4) is 0 Å². The van der Waals surface area contributed by atoms with Gasteiger partial charge in [-0.25, -0.2) is 15.2 Å². The van der Waals surface area contributed by atoms with Crippen LogP contribution in [-0.4, -0.2) is 35.3 Å². The molecule has 0 bridgehead atoms. The number of ether oxygens (including phenoxy) is 2. The van der Waals surface area contributed by atoms with Gasteiger partial charge in [0.15, 0.2) is 11.5 Å². The zero-order valence-electron chi connectivity index (χ0n) is 13.3. The number of anilines is 1. The molecule has 1 heterocycles. The van der Waals surface area contributed by atoms with Gasteiger partial charge in [0.05, 0.1) is 26.5 Å². The van der Waals surface area contributed by atoms with Crippen LogP contribution in [0.4, 0.5) is 5.95 Å². The number of nitrogens with two attached hydrogens (primary N) is 1. The second-order valence-electron chi connectivity index (χ2n) is 4.67. The van der Waals surface area contributed by atoms with Gasteiger partial charge in [-0.2, -0.15) is 9.97 Å². The fourth-order valence-electron chi connectivity index (χ4n) is 2.10. The quantitative estimate of drug-likeness (QED) is 0.478. The van der Waals surface area contributed by atoms with Gasteiger partial charge in [0.1, 0.15) is 5.82 Å². The summed E-state index contributed by atoms with van der Waals surface area (Å²) in [5.74, 6) is 7.44. The Morgan fingerprint density at radius 1 is 1.30 bits per heavy atom. The highest BCUT2D eigenvalue weighted by atomic mass is 16.5. The summed E-state index contributed by atoms with van der Waals surface area (Å²) >= 11 is 0. The molecule has 1 aromatic carbocycles. The topological polar surface area (TPSA) is 95.5 Å². The molecule has 0 saturated heterocycles. The molecule has 2 aromatic rings. The zero-order chi connectivity index (χ0) is 17.0. The van der Waals surface area contributed by atoms with Crippen molar-refractivity contribution in [2.75, 3.05) is 25.8 Å². The first-order chi connectivity index (χ1) is 11.0. The minimum atomic E-state index is -0.487. The third kappa shape index (κ3) is 3.32. The molecule has 122 valence electrons. The maximum absolute atomic E-state index is 12.4. The lowest BCUT2D eigenvalue weighted by atomic mass is 10.2. The van der Waals surface area contributed by atoms with E-state index in [2.05, 4.69) is 16.5 Å². The molecule has 8 nitrogen and oxygen atoms in total. The summed E-state index contributed by atoms with van der Waals surface area (Å²) < 4.78 is 11.8. The van der Waals surface area contributed by atoms with E-state index in [0.717, 1.165) is 0 Å². The van der Waals surface area contributed by atoms with Crippen LogP contribution in [0.5, 0.6) is 11.5 Å². The predicted molar refractivity (Wildman–Crippen MR) is 87.2 cm³/mol. The number of methoxy groups -OCH3 is 2. The van der Waals surface area contributed by atoms with E-state index in [9.17, 15) is 4.79 Å². The normalized spacial score (nSPS) is 10.3. The van der Waals surface area contributed by atoms with Gasteiger partial charge in [0.25, 0.3) is 0 Å². The standard InChI is InChI=1S/C15H19N5O3/c1-5-8-19(16)14-17-10(2)20(15(21)18-14)11-6-7-12(22-3)13(9-11)23-4/h5-7,9H,1,8,16H2,2-4H3. The smallest absolute Gasteiger partial charge is 0.356 e. The van der Waals surface area contributed by atoms with Gasteiger partial charge >= 0.3 is 5.69 Å². The van der Waals surface area contributed by atoms with Crippen LogP contribution >= 0.6 is 0 Å². The average molecular weight is 317 g/mol. The number of aryl methyl sites for hydroxylation is 1. The molecule has 0 spiro atoms. The monoisotopic (exact) mass is 317 g/mol. The van der Waals surface area contributed by atoms with E-state index in [4.69, 9.17) is 15.3 Å². The van der Waals surface area contributed by atoms with E-state index < -0.39 is 5.69 Å². The van der Waals surface area contributed by atoms with E-state index in [0.29, 0.717) is 29.6 Å². The number of rotatable bonds is 6. The molecule has 0 amide bonds. The van der Waals surface area contributed by atoms with Gasteiger partial charge < -0.3 is 9.47 Å². The molecule has 2 rings (SSSR count). The van der Waals surface area contributed by atoms with Crippen molar-refractivity contribution in [2.45, 2.75) is 6.92 Å². The third-order valence-electron chi connectivity index (χ3n) is 3.18. The van der Waals surface area contributed by atoms with Crippen molar-refractivity contribution in [3.63, 3.8) is 0 Å². The first kappa shape index (κ1) is 16.5. The maximum Gasteiger partial charge on any atom is 0.356 e. The summed E-state index contributed by atoms with van der Waals surface area (Å²) in [4.78, 5) is 20.5. The molecule has 2 N–H and O–H groups in total. The van der Waals surface area contributed by atoms with Crippen LogP contribution in [0, 0.1) is 6.92 Å². The Morgan fingerprint density at radius 3 is 2.57 bits per heavy atom. The van der Waals surface area contributed by atoms with Crippen molar-refractivity contribution in [3.05, 3.63) is 47.2 Å². The second-order valence-corrected chi connectivity index (χ2v) is 4.67. The highest BCUT2D eigenvalue weighted by Gasteiger charge is 2.13. The van der Waals surface area contributed by atoms with E-state index in [1.807, 2.05) is 0 Å². The van der Waals surface area contributed by atoms with Crippen molar-refractivity contribution in [2.24, 2.45) is 5.84 Å². The Morgan fingerprint density at radius 2 is 2.00 bits per heavy atom. The van der Waals surface area contributed by atoms with Crippen molar-refractivity contribution in [3.8, 4) is 17.2 Å². The molecule has 0 saturated carbocycles. The minimum Gasteiger partial charge on any atom is -0.493 e. The largest absolute Gasteiger partial charge is 0.493 e. The van der Waals surface area contributed by atoms with Crippen molar-refractivity contribution in [1.82, 2.24) is 14.5 Å². The molecule has 0 aliphatic carbocycles. The first-order valence-electron chi connectivity index (χ1n) is 6.85. The molecular weight excluding hydrogens is 298 g/mol. The minimum absolute atomic E-state index is 0.143. The molecular formula is C15H19N5O3. The number of hydrogen-bond donors (Lipinski definition) is 1. The predicted octanol–water partition coefficient (Wildman–Crippen LogP) is 0.819. The fourth-order valence-corrected chi connectivity index (χ4v) is 2.10. The van der Waals surface area contributed by atoms with Crippen LogP contribution in [0.2, 0.25) is 0 Å². The van der Waals surface area contributed by atoms with Crippen molar-refractivity contribution < 1.29 is 9.47 Å². The van der Waals surface area contributed by atoms with Crippen molar-refractivity contribution >= 4 is 5.95 Å². The van der Waals surface area contributed by atoms with E-state index >= 15 is 0 Å². The Bertz CT molecular complexity index is 772. The summed E-state index contributed by atoms with van der Waals surface area (Å²) in [7, 11) is 3.07. The maximum atomic E-state index is 12.4. The van der Waals surface area contributed by atoms with Crippen LogP contribution < -0.4 is 26.0 Å². The number of aromatic nitrogens is 3. The molecule has 0 aliphatic rings. The summed E-state index contributed by atoms with van der Waals surface area (Å²) in [6, 6.07) is 5.11. The molecule has 0 unspecified atom stereocenters. The zero-order valence-corrected chi connectivity index (χ0v) is 13.3. The van der Waals surface area contributed by atoms with Gasteiger partial charge in [-0.1, -0.05) is 6.08 Å². The highest BCUT2D eigenvalue weighted by Crippen LogP contribution is 2.28. The van der Waals surface area contributed by atoms with Crippen LogP contribution in [0.15, 0.2) is 35.6 Å². The first-order valence-corrected chi connectivity index (χ1v) is 6.85. The summed E-state index contributed by atoms with van der Waals surface area (Å²) in [6.07, 6.45) is 1.60. The Kier molecular flexibility index (Phi) is 4.97. The lowest BCUT2D eigenvalue weighted by Gasteiger charge is -2.16. The number of nitrogens with zero attached hydrogens (tertiary/aromatic N) is 4. The molecule has 0 atom stereocenters. The van der Waals surface area contributed by atoms with Gasteiger partial charge in [-0.05, 0) is 19.1 Å². The summed E-state index contributed by atoms with van der Waals surface area (Å²) in [6.45, 7) is 5.62. The van der Waals surface area contributed by atoms with Crippen molar-refractivity contribution in [1.29, 1.82) is 0 Å². The van der Waals surface area contributed by atoms with Crippen LogP contribution in [0.1, 0.15) is 5.82 Å². The Labute approximate surface area is 133 Å². The molecule has 1 aromatic heterocycles. The lowest BCUT2D eigenvalue weighted by molar-refractivity contribution is 0.355. The molecule has 8 heteroatoms. The highest BCUT2D eigenvalue weighted by molar-refractivity contribution is 5.49. The lowest BCUT2D eigenvalue weighted by Crippen LogP contribution is -2.36. The Balaban J connectivity index is 2.52. The van der Waals surface area contributed by atoms with Gasteiger partial charge in [0, 0.05) is 6.07 Å². The van der Waals surface area contributed by atoms with E-state index in [-0.39, 0.29) is 5.95 Å².